The predicted molar refractivity (Wildman–Crippen MR) is 206 cm³/mol. The lowest BCUT2D eigenvalue weighted by Crippen LogP contribution is -2.17. The smallest absolute Gasteiger partial charge is 0.137 e. The summed E-state index contributed by atoms with van der Waals surface area (Å²) in [7, 11) is 0. The fraction of sp³-hybridized carbons (Fsp3) is 0.0638. The first kappa shape index (κ1) is 27.9. The molecule has 0 atom stereocenters. The highest BCUT2D eigenvalue weighted by molar-refractivity contribution is 6.25. The molecule has 1 aromatic heterocycles. The first-order valence-corrected chi connectivity index (χ1v) is 17.0. The summed E-state index contributed by atoms with van der Waals surface area (Å²) in [6.07, 6.45) is 0. The zero-order valence-electron chi connectivity index (χ0n) is 27.4. The maximum absolute atomic E-state index is 6.71. The molecule has 1 aliphatic rings. The van der Waals surface area contributed by atoms with Gasteiger partial charge in [-0.2, -0.15) is 0 Å². The van der Waals surface area contributed by atoms with Gasteiger partial charge >= 0.3 is 0 Å². The Kier molecular flexibility index (Phi) is 5.95. The molecule has 0 aliphatic heterocycles. The lowest BCUT2D eigenvalue weighted by molar-refractivity contribution is 0.660. The Morgan fingerprint density at radius 2 is 1.06 bits per heavy atom. The van der Waals surface area contributed by atoms with E-state index >= 15 is 0 Å². The maximum atomic E-state index is 6.71. The van der Waals surface area contributed by atoms with Gasteiger partial charge in [-0.25, -0.2) is 0 Å². The third-order valence-electron chi connectivity index (χ3n) is 10.6. The topological polar surface area (TPSA) is 16.4 Å². The summed E-state index contributed by atoms with van der Waals surface area (Å²) in [6, 6.07) is 59.5. The van der Waals surface area contributed by atoms with E-state index in [4.69, 9.17) is 4.42 Å². The third-order valence-corrected chi connectivity index (χ3v) is 10.6. The van der Waals surface area contributed by atoms with E-state index in [1.165, 1.54) is 43.8 Å². The SMILES string of the molecule is CC1(C)c2ccccc2-c2ccc(N(c3ccc4ccccc4c3)c3c(-c4ccccc4)ccc4oc5ccc6ccccc6c5c34)cc21. The molecule has 2 nitrogen and oxygen atoms in total. The van der Waals surface area contributed by atoms with E-state index in [-0.39, 0.29) is 5.41 Å². The van der Waals surface area contributed by atoms with Crippen molar-refractivity contribution < 1.29 is 4.42 Å². The van der Waals surface area contributed by atoms with Crippen molar-refractivity contribution in [1.29, 1.82) is 0 Å². The molecule has 0 N–H and O–H groups in total. The zero-order valence-corrected chi connectivity index (χ0v) is 27.4. The van der Waals surface area contributed by atoms with Gasteiger partial charge in [0.2, 0.25) is 0 Å². The minimum absolute atomic E-state index is 0.135. The van der Waals surface area contributed by atoms with Crippen molar-refractivity contribution in [3.8, 4) is 22.3 Å². The molecule has 1 aliphatic carbocycles. The van der Waals surface area contributed by atoms with Crippen molar-refractivity contribution in [2.24, 2.45) is 0 Å². The van der Waals surface area contributed by atoms with Crippen LogP contribution in [0, 0.1) is 0 Å². The second-order valence-corrected chi connectivity index (χ2v) is 13.7. The normalized spacial score (nSPS) is 13.3. The van der Waals surface area contributed by atoms with Crippen LogP contribution in [0.25, 0.3) is 65.7 Å². The van der Waals surface area contributed by atoms with Crippen LogP contribution in [0.2, 0.25) is 0 Å². The molecule has 0 bridgehead atoms. The average Bonchev–Trinajstić information content (AvgIpc) is 3.65. The van der Waals surface area contributed by atoms with Gasteiger partial charge in [0.15, 0.2) is 0 Å². The van der Waals surface area contributed by atoms with Crippen LogP contribution in [0.15, 0.2) is 168 Å². The van der Waals surface area contributed by atoms with Crippen LogP contribution in [-0.2, 0) is 5.41 Å². The second-order valence-electron chi connectivity index (χ2n) is 13.7. The predicted octanol–water partition coefficient (Wildman–Crippen LogP) is 13.3. The van der Waals surface area contributed by atoms with Crippen LogP contribution < -0.4 is 4.90 Å². The molecule has 0 radical (unpaired) electrons. The highest BCUT2D eigenvalue weighted by Gasteiger charge is 2.36. The summed E-state index contributed by atoms with van der Waals surface area (Å²) in [4.78, 5) is 2.48. The molecule has 1 heterocycles. The molecule has 0 saturated heterocycles. The Bertz CT molecular complexity index is 2750. The number of nitrogens with zero attached hydrogens (tertiary/aromatic N) is 1. The number of fused-ring (bicyclic) bond motifs is 9. The van der Waals surface area contributed by atoms with Crippen LogP contribution >= 0.6 is 0 Å². The van der Waals surface area contributed by atoms with Crippen LogP contribution in [-0.4, -0.2) is 0 Å². The van der Waals surface area contributed by atoms with Crippen LogP contribution in [0.4, 0.5) is 17.1 Å². The van der Waals surface area contributed by atoms with Gasteiger partial charge in [0.1, 0.15) is 11.2 Å². The molecular weight excluding hydrogens is 595 g/mol. The van der Waals surface area contributed by atoms with Crippen molar-refractivity contribution in [1.82, 2.24) is 0 Å². The third kappa shape index (κ3) is 4.14. The Balaban J connectivity index is 1.35. The van der Waals surface area contributed by atoms with E-state index in [2.05, 4.69) is 183 Å². The van der Waals surface area contributed by atoms with Gasteiger partial charge in [-0.1, -0.05) is 135 Å². The zero-order chi connectivity index (χ0) is 32.7. The van der Waals surface area contributed by atoms with Gasteiger partial charge in [-0.3, -0.25) is 0 Å². The average molecular weight is 628 g/mol. The van der Waals surface area contributed by atoms with Crippen molar-refractivity contribution in [3.05, 3.63) is 175 Å². The fourth-order valence-electron chi connectivity index (χ4n) is 8.25. The van der Waals surface area contributed by atoms with Crippen molar-refractivity contribution in [2.75, 3.05) is 4.90 Å². The lowest BCUT2D eigenvalue weighted by Gasteiger charge is -2.30. The summed E-state index contributed by atoms with van der Waals surface area (Å²) in [6.45, 7) is 4.71. The molecule has 232 valence electrons. The Labute approximate surface area is 285 Å². The summed E-state index contributed by atoms with van der Waals surface area (Å²) in [5.41, 5.74) is 12.6. The van der Waals surface area contributed by atoms with Crippen molar-refractivity contribution in [3.63, 3.8) is 0 Å². The monoisotopic (exact) mass is 627 g/mol. The van der Waals surface area contributed by atoms with E-state index in [1.807, 2.05) is 0 Å². The molecule has 0 fully saturated rings. The Morgan fingerprint density at radius 3 is 1.94 bits per heavy atom. The molecule has 2 heteroatoms. The molecule has 0 amide bonds. The fourth-order valence-corrected chi connectivity index (χ4v) is 8.25. The number of hydrogen-bond acceptors (Lipinski definition) is 2. The minimum atomic E-state index is -0.135. The second kappa shape index (κ2) is 10.4. The van der Waals surface area contributed by atoms with Crippen molar-refractivity contribution >= 4 is 60.5 Å². The quantitative estimate of drug-likeness (QED) is 0.193. The van der Waals surface area contributed by atoms with Gasteiger partial charge in [-0.15, -0.1) is 0 Å². The first-order chi connectivity index (χ1) is 24.1. The maximum Gasteiger partial charge on any atom is 0.137 e. The number of benzene rings is 8. The molecule has 8 aromatic carbocycles. The van der Waals surface area contributed by atoms with Gasteiger partial charge in [0, 0.05) is 27.7 Å². The summed E-state index contributed by atoms with van der Waals surface area (Å²) in [5, 5.41) is 7.06. The summed E-state index contributed by atoms with van der Waals surface area (Å²) < 4.78 is 6.71. The molecule has 0 spiro atoms. The standard InChI is InChI=1S/C47H33NO/c1-47(2)40-19-11-10-18-38(40)39-24-23-35(29-41(39)47)48(34-22-20-30-12-6-7-16-33(30)28-34)46-37(31-13-4-3-5-14-31)25-27-43-45(46)44-36-17-9-8-15-32(36)21-26-42(44)49-43/h3-29H,1-2H3. The lowest BCUT2D eigenvalue weighted by atomic mass is 9.82. The van der Waals surface area contributed by atoms with Crippen LogP contribution in [0.3, 0.4) is 0 Å². The van der Waals surface area contributed by atoms with Crippen LogP contribution in [0.1, 0.15) is 25.0 Å². The number of furan rings is 1. The molecular formula is C47H33NO. The molecule has 9 aromatic rings. The van der Waals surface area contributed by atoms with Gasteiger partial charge in [-0.05, 0) is 91.8 Å². The molecule has 49 heavy (non-hydrogen) atoms. The highest BCUT2D eigenvalue weighted by Crippen LogP contribution is 2.53. The number of anilines is 3. The van der Waals surface area contributed by atoms with E-state index < -0.39 is 0 Å². The van der Waals surface area contributed by atoms with Gasteiger partial charge in [0.05, 0.1) is 11.1 Å². The van der Waals surface area contributed by atoms with Crippen molar-refractivity contribution in [2.45, 2.75) is 19.3 Å². The van der Waals surface area contributed by atoms with Crippen LogP contribution in [0.5, 0.6) is 0 Å². The number of hydrogen-bond donors (Lipinski definition) is 0. The first-order valence-electron chi connectivity index (χ1n) is 17.0. The molecule has 10 rings (SSSR count). The Morgan fingerprint density at radius 1 is 0.449 bits per heavy atom. The van der Waals surface area contributed by atoms with E-state index in [9.17, 15) is 0 Å². The highest BCUT2D eigenvalue weighted by atomic mass is 16.3. The number of rotatable bonds is 4. The van der Waals surface area contributed by atoms with Gasteiger partial charge in [0.25, 0.3) is 0 Å². The largest absolute Gasteiger partial charge is 0.456 e. The summed E-state index contributed by atoms with van der Waals surface area (Å²) >= 11 is 0. The molecule has 0 saturated carbocycles. The van der Waals surface area contributed by atoms with E-state index in [0.29, 0.717) is 0 Å². The minimum Gasteiger partial charge on any atom is -0.456 e. The van der Waals surface area contributed by atoms with E-state index in [0.717, 1.165) is 50.1 Å². The molecule has 0 unspecified atom stereocenters. The van der Waals surface area contributed by atoms with Gasteiger partial charge < -0.3 is 9.32 Å². The Hall–Kier alpha value is -6.12. The summed E-state index contributed by atoms with van der Waals surface area (Å²) in [5.74, 6) is 0. The van der Waals surface area contributed by atoms with E-state index in [1.54, 1.807) is 0 Å².